The molecule has 5 nitrogen and oxygen atoms in total. The topological polar surface area (TPSA) is 53.9 Å². The second-order valence-corrected chi connectivity index (χ2v) is 7.11. The van der Waals surface area contributed by atoms with E-state index in [0.29, 0.717) is 12.6 Å². The van der Waals surface area contributed by atoms with E-state index in [1.165, 1.54) is 18.4 Å². The molecular formula is C20H24N4O. The van der Waals surface area contributed by atoms with E-state index in [9.17, 15) is 4.79 Å². The van der Waals surface area contributed by atoms with Crippen LogP contribution in [0.2, 0.25) is 0 Å². The van der Waals surface area contributed by atoms with Crippen molar-refractivity contribution in [1.82, 2.24) is 19.7 Å². The Morgan fingerprint density at radius 3 is 2.92 bits per heavy atom. The Morgan fingerprint density at radius 2 is 2.12 bits per heavy atom. The van der Waals surface area contributed by atoms with Gasteiger partial charge in [0, 0.05) is 30.9 Å². The first-order valence-corrected chi connectivity index (χ1v) is 8.96. The Morgan fingerprint density at radius 1 is 1.24 bits per heavy atom. The Labute approximate surface area is 147 Å². The van der Waals surface area contributed by atoms with Gasteiger partial charge < -0.3 is 4.98 Å². The number of H-pyrrole nitrogens is 1. The maximum absolute atomic E-state index is 12.5. The van der Waals surface area contributed by atoms with Crippen LogP contribution in [0, 0.1) is 6.92 Å². The van der Waals surface area contributed by atoms with Crippen molar-refractivity contribution in [3.05, 3.63) is 63.7 Å². The minimum atomic E-state index is 0.0155. The minimum absolute atomic E-state index is 0.0155. The lowest BCUT2D eigenvalue weighted by Gasteiger charge is -2.34. The molecule has 1 aliphatic heterocycles. The molecule has 130 valence electrons. The number of nitrogens with zero attached hydrogens (tertiary/aromatic N) is 3. The molecule has 1 aromatic carbocycles. The summed E-state index contributed by atoms with van der Waals surface area (Å²) in [4.78, 5) is 18.0. The first kappa shape index (κ1) is 16.1. The third-order valence-corrected chi connectivity index (χ3v) is 5.14. The van der Waals surface area contributed by atoms with Crippen LogP contribution in [-0.4, -0.2) is 26.2 Å². The molecule has 25 heavy (non-hydrogen) atoms. The third-order valence-electron chi connectivity index (χ3n) is 5.14. The monoisotopic (exact) mass is 336 g/mol. The molecule has 4 rings (SSSR count). The molecule has 0 radical (unpaired) electrons. The van der Waals surface area contributed by atoms with Crippen LogP contribution < -0.4 is 5.56 Å². The van der Waals surface area contributed by atoms with Crippen LogP contribution in [0.5, 0.6) is 0 Å². The number of pyridine rings is 1. The van der Waals surface area contributed by atoms with E-state index in [-0.39, 0.29) is 5.56 Å². The molecule has 1 saturated heterocycles. The second-order valence-electron chi connectivity index (χ2n) is 7.11. The van der Waals surface area contributed by atoms with Crippen molar-refractivity contribution in [2.75, 3.05) is 6.54 Å². The maximum atomic E-state index is 12.5. The van der Waals surface area contributed by atoms with Gasteiger partial charge in [-0.2, -0.15) is 5.10 Å². The van der Waals surface area contributed by atoms with Gasteiger partial charge in [0.05, 0.1) is 11.7 Å². The maximum Gasteiger partial charge on any atom is 0.252 e. The van der Waals surface area contributed by atoms with E-state index in [1.54, 1.807) is 0 Å². The summed E-state index contributed by atoms with van der Waals surface area (Å²) in [6, 6.07) is 10.6. The average Bonchev–Trinajstić information content (AvgIpc) is 3.03. The lowest BCUT2D eigenvalue weighted by Crippen LogP contribution is -2.35. The van der Waals surface area contributed by atoms with Gasteiger partial charge in [-0.05, 0) is 56.0 Å². The van der Waals surface area contributed by atoms with Gasteiger partial charge in [0.25, 0.3) is 5.56 Å². The summed E-state index contributed by atoms with van der Waals surface area (Å²) >= 11 is 0. The standard InChI is InChI=1S/C20H24N4O/c1-14-6-7-17-15(11-14)12-16(20(25)21-17)13-24-9-4-3-5-19(24)18-8-10-23(2)22-18/h6-8,10-12,19H,3-5,9,13H2,1-2H3,(H,21,25). The molecule has 1 fully saturated rings. The van der Waals surface area contributed by atoms with E-state index in [0.717, 1.165) is 35.1 Å². The van der Waals surface area contributed by atoms with E-state index >= 15 is 0 Å². The highest BCUT2D eigenvalue weighted by Gasteiger charge is 2.26. The molecule has 1 unspecified atom stereocenters. The van der Waals surface area contributed by atoms with E-state index in [2.05, 4.69) is 34.0 Å². The summed E-state index contributed by atoms with van der Waals surface area (Å²) in [5.41, 5.74) is 4.06. The fraction of sp³-hybridized carbons (Fsp3) is 0.400. The molecule has 1 N–H and O–H groups in total. The normalized spacial score (nSPS) is 18.7. The highest BCUT2D eigenvalue weighted by Crippen LogP contribution is 2.31. The number of hydrogen-bond donors (Lipinski definition) is 1. The number of aromatic nitrogens is 3. The molecule has 0 aliphatic carbocycles. The molecule has 2 aromatic heterocycles. The van der Waals surface area contributed by atoms with Crippen molar-refractivity contribution in [1.29, 1.82) is 0 Å². The van der Waals surface area contributed by atoms with Crippen molar-refractivity contribution in [2.45, 2.75) is 38.8 Å². The number of nitrogens with one attached hydrogen (secondary N) is 1. The van der Waals surface area contributed by atoms with Gasteiger partial charge in [-0.15, -0.1) is 0 Å². The minimum Gasteiger partial charge on any atom is -0.322 e. The smallest absolute Gasteiger partial charge is 0.252 e. The number of hydrogen-bond acceptors (Lipinski definition) is 3. The molecule has 0 spiro atoms. The summed E-state index contributed by atoms with van der Waals surface area (Å²) in [5.74, 6) is 0. The van der Waals surface area contributed by atoms with Crippen LogP contribution in [0.3, 0.4) is 0 Å². The first-order valence-electron chi connectivity index (χ1n) is 8.96. The van der Waals surface area contributed by atoms with Crippen LogP contribution in [0.1, 0.15) is 42.1 Å². The van der Waals surface area contributed by atoms with E-state index < -0.39 is 0 Å². The lowest BCUT2D eigenvalue weighted by atomic mass is 9.98. The Bertz CT molecular complexity index is 956. The quantitative estimate of drug-likeness (QED) is 0.798. The van der Waals surface area contributed by atoms with Gasteiger partial charge in [0.1, 0.15) is 0 Å². The average molecular weight is 336 g/mol. The molecule has 5 heteroatoms. The van der Waals surface area contributed by atoms with Gasteiger partial charge in [-0.1, -0.05) is 18.1 Å². The fourth-order valence-corrected chi connectivity index (χ4v) is 3.83. The van der Waals surface area contributed by atoms with Crippen molar-refractivity contribution < 1.29 is 0 Å². The zero-order chi connectivity index (χ0) is 17.4. The van der Waals surface area contributed by atoms with Crippen LogP contribution in [-0.2, 0) is 13.6 Å². The molecule has 1 atom stereocenters. The number of benzene rings is 1. The zero-order valence-electron chi connectivity index (χ0n) is 14.8. The van der Waals surface area contributed by atoms with Gasteiger partial charge in [-0.3, -0.25) is 14.4 Å². The second kappa shape index (κ2) is 6.48. The molecular weight excluding hydrogens is 312 g/mol. The number of aryl methyl sites for hydroxylation is 2. The Balaban J connectivity index is 1.66. The summed E-state index contributed by atoms with van der Waals surface area (Å²) in [6.07, 6.45) is 5.48. The molecule has 3 heterocycles. The predicted octanol–water partition coefficient (Wildman–Crippen LogP) is 3.30. The predicted molar refractivity (Wildman–Crippen MR) is 99.5 cm³/mol. The van der Waals surface area contributed by atoms with Gasteiger partial charge in [-0.25, -0.2) is 0 Å². The van der Waals surface area contributed by atoms with Crippen LogP contribution in [0.25, 0.3) is 10.9 Å². The van der Waals surface area contributed by atoms with Gasteiger partial charge in [0.15, 0.2) is 0 Å². The molecule has 0 bridgehead atoms. The van der Waals surface area contributed by atoms with Crippen LogP contribution in [0.4, 0.5) is 0 Å². The first-order chi connectivity index (χ1) is 12.1. The lowest BCUT2D eigenvalue weighted by molar-refractivity contribution is 0.136. The van der Waals surface area contributed by atoms with Crippen molar-refractivity contribution in [3.63, 3.8) is 0 Å². The summed E-state index contributed by atoms with van der Waals surface area (Å²) < 4.78 is 1.85. The molecule has 0 amide bonds. The SMILES string of the molecule is Cc1ccc2[nH]c(=O)c(CN3CCCCC3c3ccn(C)n3)cc2c1. The fourth-order valence-electron chi connectivity index (χ4n) is 3.83. The van der Waals surface area contributed by atoms with Gasteiger partial charge >= 0.3 is 0 Å². The number of aromatic amines is 1. The highest BCUT2D eigenvalue weighted by atomic mass is 16.1. The molecule has 1 aliphatic rings. The van der Waals surface area contributed by atoms with Crippen LogP contribution in [0.15, 0.2) is 41.3 Å². The van der Waals surface area contributed by atoms with Crippen LogP contribution >= 0.6 is 0 Å². The summed E-state index contributed by atoms with van der Waals surface area (Å²) in [6.45, 7) is 3.75. The van der Waals surface area contributed by atoms with E-state index in [1.807, 2.05) is 36.1 Å². The number of rotatable bonds is 3. The molecule has 0 saturated carbocycles. The summed E-state index contributed by atoms with van der Waals surface area (Å²) in [7, 11) is 1.95. The highest BCUT2D eigenvalue weighted by molar-refractivity contribution is 5.79. The zero-order valence-corrected chi connectivity index (χ0v) is 14.8. The van der Waals surface area contributed by atoms with Crippen molar-refractivity contribution in [2.24, 2.45) is 7.05 Å². The van der Waals surface area contributed by atoms with Gasteiger partial charge in [0.2, 0.25) is 0 Å². The van der Waals surface area contributed by atoms with Crippen molar-refractivity contribution >= 4 is 10.9 Å². The number of piperidine rings is 1. The van der Waals surface area contributed by atoms with E-state index in [4.69, 9.17) is 0 Å². The molecule has 3 aromatic rings. The Kier molecular flexibility index (Phi) is 4.17. The number of fused-ring (bicyclic) bond motifs is 1. The van der Waals surface area contributed by atoms with Crippen molar-refractivity contribution in [3.8, 4) is 0 Å². The third kappa shape index (κ3) is 3.24. The Hall–Kier alpha value is -2.40. The summed E-state index contributed by atoms with van der Waals surface area (Å²) in [5, 5.41) is 5.70. The largest absolute Gasteiger partial charge is 0.322 e. The number of likely N-dealkylation sites (tertiary alicyclic amines) is 1.